The van der Waals surface area contributed by atoms with E-state index in [4.69, 9.17) is 14.2 Å². The number of carbonyl (C=O) groups is 1. The van der Waals surface area contributed by atoms with E-state index < -0.39 is 0 Å². The zero-order valence-corrected chi connectivity index (χ0v) is 17.7. The van der Waals surface area contributed by atoms with Gasteiger partial charge >= 0.3 is 0 Å². The third-order valence-electron chi connectivity index (χ3n) is 6.09. The van der Waals surface area contributed by atoms with Crippen LogP contribution in [0.1, 0.15) is 35.2 Å². The zero-order chi connectivity index (χ0) is 21.1. The van der Waals surface area contributed by atoms with Gasteiger partial charge in [0, 0.05) is 43.2 Å². The van der Waals surface area contributed by atoms with E-state index in [9.17, 15) is 4.79 Å². The molecule has 2 aliphatic heterocycles. The quantitative estimate of drug-likeness (QED) is 0.776. The molecule has 1 fully saturated rings. The Morgan fingerprint density at radius 3 is 2.63 bits per heavy atom. The van der Waals surface area contributed by atoms with Gasteiger partial charge < -0.3 is 19.1 Å². The van der Waals surface area contributed by atoms with Crippen LogP contribution >= 0.6 is 0 Å². The van der Waals surface area contributed by atoms with Crippen LogP contribution in [-0.4, -0.2) is 49.1 Å². The molecule has 2 aliphatic rings. The molecule has 0 spiro atoms. The van der Waals surface area contributed by atoms with Crippen molar-refractivity contribution in [1.82, 2.24) is 9.88 Å². The second kappa shape index (κ2) is 8.44. The number of rotatable bonds is 3. The summed E-state index contributed by atoms with van der Waals surface area (Å²) in [6.45, 7) is 3.72. The molecule has 0 bridgehead atoms. The number of aromatic nitrogens is 1. The van der Waals surface area contributed by atoms with Crippen molar-refractivity contribution >= 4 is 11.9 Å². The second-order valence-corrected chi connectivity index (χ2v) is 7.67. The number of carbonyl (C=O) groups excluding carboxylic acids is 1. The fourth-order valence-electron chi connectivity index (χ4n) is 4.38. The van der Waals surface area contributed by atoms with Crippen LogP contribution in [0.2, 0.25) is 0 Å². The summed E-state index contributed by atoms with van der Waals surface area (Å²) in [6, 6.07) is 10.1. The highest BCUT2D eigenvalue weighted by molar-refractivity contribution is 5.92. The number of likely N-dealkylation sites (tertiary alicyclic amines) is 1. The van der Waals surface area contributed by atoms with Gasteiger partial charge in [0.05, 0.1) is 19.1 Å². The number of amidine groups is 1. The lowest BCUT2D eigenvalue weighted by molar-refractivity contribution is -0.117. The topological polar surface area (TPSA) is 73.2 Å². The molecular weight excluding hydrogens is 382 g/mol. The maximum Gasteiger partial charge on any atom is 0.295 e. The molecule has 0 N–H and O–H groups in total. The van der Waals surface area contributed by atoms with Gasteiger partial charge in [0.1, 0.15) is 12.4 Å². The van der Waals surface area contributed by atoms with E-state index in [1.54, 1.807) is 20.4 Å². The van der Waals surface area contributed by atoms with Gasteiger partial charge in [-0.25, -0.2) is 0 Å². The van der Waals surface area contributed by atoms with E-state index in [0.29, 0.717) is 31.5 Å². The Hall–Kier alpha value is -2.93. The van der Waals surface area contributed by atoms with Crippen molar-refractivity contribution in [3.8, 4) is 5.75 Å². The highest BCUT2D eigenvalue weighted by atomic mass is 16.5. The van der Waals surface area contributed by atoms with E-state index in [1.165, 1.54) is 0 Å². The molecule has 7 nitrogen and oxygen atoms in total. The first kappa shape index (κ1) is 20.3. The molecule has 2 aromatic rings. The second-order valence-electron chi connectivity index (χ2n) is 7.67. The maximum atomic E-state index is 12.6. The predicted molar refractivity (Wildman–Crippen MR) is 112 cm³/mol. The molecule has 158 valence electrons. The molecule has 1 saturated heterocycles. The van der Waals surface area contributed by atoms with Crippen LogP contribution in [0.5, 0.6) is 5.75 Å². The number of amides is 1. The van der Waals surface area contributed by atoms with Crippen molar-refractivity contribution < 1.29 is 19.0 Å². The first-order valence-corrected chi connectivity index (χ1v) is 10.2. The average Bonchev–Trinajstić information content (AvgIpc) is 2.76. The molecule has 3 heterocycles. The first-order valence-electron chi connectivity index (χ1n) is 10.2. The van der Waals surface area contributed by atoms with Gasteiger partial charge in [-0.15, -0.1) is 0 Å². The van der Waals surface area contributed by atoms with Crippen molar-refractivity contribution in [2.45, 2.75) is 38.4 Å². The number of hydrogen-bond acceptors (Lipinski definition) is 6. The highest BCUT2D eigenvalue weighted by Gasteiger charge is 2.39. The third-order valence-corrected chi connectivity index (χ3v) is 6.09. The molecule has 0 unspecified atom stereocenters. The molecule has 1 amide bonds. The molecule has 7 heteroatoms. The maximum absolute atomic E-state index is 12.6. The van der Waals surface area contributed by atoms with E-state index in [1.807, 2.05) is 36.1 Å². The largest absolute Gasteiger partial charge is 0.496 e. The predicted octanol–water partition coefficient (Wildman–Crippen LogP) is 2.99. The number of aliphatic imine (C=N–C) groups is 1. The Morgan fingerprint density at radius 2 is 1.93 bits per heavy atom. The van der Waals surface area contributed by atoms with Crippen LogP contribution in [0.4, 0.5) is 0 Å². The third kappa shape index (κ3) is 3.77. The van der Waals surface area contributed by atoms with Crippen molar-refractivity contribution in [3.05, 3.63) is 58.9 Å². The van der Waals surface area contributed by atoms with E-state index in [-0.39, 0.29) is 17.9 Å². The molecule has 1 aromatic carbocycles. The van der Waals surface area contributed by atoms with Gasteiger partial charge in [-0.1, -0.05) is 18.2 Å². The molecule has 0 atom stereocenters. The summed E-state index contributed by atoms with van der Waals surface area (Å²) in [6.07, 6.45) is 3.53. The lowest BCUT2D eigenvalue weighted by Gasteiger charge is -2.42. The number of aryl methyl sites for hydroxylation is 1. The van der Waals surface area contributed by atoms with Crippen LogP contribution in [0, 0.1) is 6.92 Å². The molecule has 0 radical (unpaired) electrons. The van der Waals surface area contributed by atoms with Crippen LogP contribution in [-0.2, 0) is 32.9 Å². The number of nitrogens with zero attached hydrogens (tertiary/aromatic N) is 3. The molecule has 0 aliphatic carbocycles. The zero-order valence-electron chi connectivity index (χ0n) is 17.7. The highest BCUT2D eigenvalue weighted by Crippen LogP contribution is 2.37. The van der Waals surface area contributed by atoms with Gasteiger partial charge in [-0.05, 0) is 37.5 Å². The molecular formula is C23H27N3O4. The standard InChI is InChI=1S/C23H27N3O4/c1-16-19(7-5-11-24-16)23(29-3)9-12-26(13-10-23)22-25-21(27)14-18-17(15-30-22)6-4-8-20(18)28-2/h4-8,11H,9-10,12-15H2,1-3H3. The molecule has 4 rings (SSSR count). The summed E-state index contributed by atoms with van der Waals surface area (Å²) in [5, 5.41) is 0. The van der Waals surface area contributed by atoms with Crippen molar-refractivity contribution in [1.29, 1.82) is 0 Å². The van der Waals surface area contributed by atoms with Crippen LogP contribution in [0.25, 0.3) is 0 Å². The van der Waals surface area contributed by atoms with Crippen molar-refractivity contribution in [2.75, 3.05) is 27.3 Å². The Bertz CT molecular complexity index is 965. The average molecular weight is 409 g/mol. The fourth-order valence-corrected chi connectivity index (χ4v) is 4.38. The summed E-state index contributed by atoms with van der Waals surface area (Å²) >= 11 is 0. The number of ether oxygens (including phenoxy) is 3. The summed E-state index contributed by atoms with van der Waals surface area (Å²) in [5.41, 5.74) is 3.50. The summed E-state index contributed by atoms with van der Waals surface area (Å²) in [5.74, 6) is 0.458. The lowest BCUT2D eigenvalue weighted by atomic mass is 9.83. The molecule has 1 aromatic heterocycles. The molecule has 30 heavy (non-hydrogen) atoms. The molecule has 0 saturated carbocycles. The fraction of sp³-hybridized carbons (Fsp3) is 0.435. The monoisotopic (exact) mass is 409 g/mol. The number of benzene rings is 1. The summed E-state index contributed by atoms with van der Waals surface area (Å²) in [7, 11) is 3.36. The lowest BCUT2D eigenvalue weighted by Crippen LogP contribution is -2.47. The minimum absolute atomic E-state index is 0.205. The summed E-state index contributed by atoms with van der Waals surface area (Å²) in [4.78, 5) is 23.3. The number of piperidine rings is 1. The minimum atomic E-state index is -0.388. The van der Waals surface area contributed by atoms with Gasteiger partial charge in [-0.2, -0.15) is 4.99 Å². The summed E-state index contributed by atoms with van der Waals surface area (Å²) < 4.78 is 17.4. The Kier molecular flexibility index (Phi) is 5.72. The van der Waals surface area contributed by atoms with E-state index in [2.05, 4.69) is 16.0 Å². The SMILES string of the molecule is COc1cccc2c1CC(=O)N=C(N1CCC(OC)(c3cccnc3C)CC1)OC2. The smallest absolute Gasteiger partial charge is 0.295 e. The Labute approximate surface area is 176 Å². The normalized spacial score (nSPS) is 18.6. The number of hydrogen-bond donors (Lipinski definition) is 0. The number of pyridine rings is 1. The van der Waals surface area contributed by atoms with Crippen LogP contribution < -0.4 is 4.74 Å². The van der Waals surface area contributed by atoms with E-state index >= 15 is 0 Å². The van der Waals surface area contributed by atoms with Gasteiger partial charge in [0.2, 0.25) is 0 Å². The van der Waals surface area contributed by atoms with Gasteiger partial charge in [-0.3, -0.25) is 9.78 Å². The van der Waals surface area contributed by atoms with Gasteiger partial charge in [0.15, 0.2) is 0 Å². The van der Waals surface area contributed by atoms with Crippen LogP contribution in [0.15, 0.2) is 41.5 Å². The van der Waals surface area contributed by atoms with E-state index in [0.717, 1.165) is 35.2 Å². The minimum Gasteiger partial charge on any atom is -0.496 e. The van der Waals surface area contributed by atoms with Crippen LogP contribution in [0.3, 0.4) is 0 Å². The number of fused-ring (bicyclic) bond motifs is 1. The van der Waals surface area contributed by atoms with Gasteiger partial charge in [0.25, 0.3) is 11.9 Å². The Balaban J connectivity index is 1.52. The first-order chi connectivity index (χ1) is 14.6. The number of methoxy groups -OCH3 is 2. The Morgan fingerprint density at radius 1 is 1.13 bits per heavy atom. The van der Waals surface area contributed by atoms with Crippen molar-refractivity contribution in [3.63, 3.8) is 0 Å². The van der Waals surface area contributed by atoms with Crippen molar-refractivity contribution in [2.24, 2.45) is 4.99 Å².